The summed E-state index contributed by atoms with van der Waals surface area (Å²) >= 11 is 0. The van der Waals surface area contributed by atoms with Crippen molar-refractivity contribution in [2.75, 3.05) is 19.6 Å². The zero-order valence-corrected chi connectivity index (χ0v) is 22.8. The summed E-state index contributed by atoms with van der Waals surface area (Å²) in [6, 6.07) is 25.6. The second-order valence-corrected chi connectivity index (χ2v) is 10.7. The highest BCUT2D eigenvalue weighted by molar-refractivity contribution is 5.82. The highest BCUT2D eigenvalue weighted by Gasteiger charge is 2.19. The van der Waals surface area contributed by atoms with E-state index >= 15 is 0 Å². The van der Waals surface area contributed by atoms with E-state index in [2.05, 4.69) is 71.6 Å². The van der Waals surface area contributed by atoms with Crippen LogP contribution in [0.1, 0.15) is 65.5 Å². The molecule has 0 aliphatic carbocycles. The number of aliphatic carboxylic acids is 1. The Hall–Kier alpha value is -3.21. The monoisotopic (exact) mass is 511 g/mol. The smallest absolute Gasteiger partial charge is 0.307 e. The fourth-order valence-electron chi connectivity index (χ4n) is 5.61. The Bertz CT molecular complexity index is 1180. The maximum Gasteiger partial charge on any atom is 0.307 e. The normalized spacial score (nSPS) is 14.9. The van der Waals surface area contributed by atoms with Gasteiger partial charge in [0.2, 0.25) is 0 Å². The van der Waals surface area contributed by atoms with Gasteiger partial charge >= 0.3 is 5.97 Å². The topological polar surface area (TPSA) is 60.8 Å². The molecule has 1 atom stereocenters. The number of aryl methyl sites for hydroxylation is 2. The van der Waals surface area contributed by atoms with Crippen LogP contribution in [0.3, 0.4) is 0 Å². The lowest BCUT2D eigenvalue weighted by Crippen LogP contribution is -2.32. The van der Waals surface area contributed by atoms with Gasteiger partial charge in [-0.25, -0.2) is 0 Å². The highest BCUT2D eigenvalue weighted by Crippen LogP contribution is 2.32. The molecule has 0 spiro atoms. The summed E-state index contributed by atoms with van der Waals surface area (Å²) in [6.45, 7) is 7.15. The van der Waals surface area contributed by atoms with Crippen LogP contribution in [0, 0.1) is 13.8 Å². The van der Waals surface area contributed by atoms with Crippen LogP contribution < -0.4 is 0 Å². The summed E-state index contributed by atoms with van der Waals surface area (Å²) in [6.07, 6.45) is 5.14. The van der Waals surface area contributed by atoms with Crippen molar-refractivity contribution in [3.8, 4) is 0 Å². The third-order valence-corrected chi connectivity index (χ3v) is 7.89. The van der Waals surface area contributed by atoms with Crippen molar-refractivity contribution in [3.05, 3.63) is 112 Å². The molecule has 4 rings (SSSR count). The van der Waals surface area contributed by atoms with E-state index in [1.807, 2.05) is 19.9 Å². The lowest BCUT2D eigenvalue weighted by molar-refractivity contribution is -0.136. The number of carboxylic acid groups (broad SMARTS) is 1. The first-order valence-electron chi connectivity index (χ1n) is 13.9. The van der Waals surface area contributed by atoms with Gasteiger partial charge in [-0.1, -0.05) is 78.4 Å². The Morgan fingerprint density at radius 1 is 0.895 bits per heavy atom. The van der Waals surface area contributed by atoms with Crippen LogP contribution in [-0.4, -0.2) is 46.8 Å². The molecule has 0 aromatic heterocycles. The predicted molar refractivity (Wildman–Crippen MR) is 155 cm³/mol. The minimum Gasteiger partial charge on any atom is -0.481 e. The average Bonchev–Trinajstić information content (AvgIpc) is 2.92. The number of hydrogen-bond donors (Lipinski definition) is 2. The van der Waals surface area contributed by atoms with Gasteiger partial charge in [-0.3, -0.25) is 4.79 Å². The third-order valence-electron chi connectivity index (χ3n) is 7.89. The highest BCUT2D eigenvalue weighted by atomic mass is 16.4. The summed E-state index contributed by atoms with van der Waals surface area (Å²) in [4.78, 5) is 13.7. The Kier molecular flexibility index (Phi) is 9.91. The number of aliphatic hydroxyl groups excluding tert-OH is 1. The number of carboxylic acids is 1. The number of benzene rings is 3. The first-order valence-corrected chi connectivity index (χ1v) is 13.9. The third kappa shape index (κ3) is 7.66. The van der Waals surface area contributed by atoms with E-state index in [0.29, 0.717) is 6.42 Å². The Labute approximate surface area is 227 Å². The van der Waals surface area contributed by atoms with E-state index in [-0.39, 0.29) is 12.5 Å². The van der Waals surface area contributed by atoms with Gasteiger partial charge in [0.15, 0.2) is 0 Å². The molecule has 1 heterocycles. The summed E-state index contributed by atoms with van der Waals surface area (Å²) < 4.78 is 0. The van der Waals surface area contributed by atoms with Crippen molar-refractivity contribution in [2.24, 2.45) is 0 Å². The molecule has 200 valence electrons. The van der Waals surface area contributed by atoms with E-state index in [1.165, 1.54) is 22.3 Å². The van der Waals surface area contributed by atoms with Crippen molar-refractivity contribution in [3.63, 3.8) is 0 Å². The molecule has 3 aromatic carbocycles. The molecular formula is C34H41NO3. The molecule has 1 aliphatic heterocycles. The molecule has 4 heteroatoms. The van der Waals surface area contributed by atoms with Crippen LogP contribution in [-0.2, 0) is 17.6 Å². The molecule has 0 amide bonds. The SMILES string of the molecule is Cc1cc(CCC(O)CCCN2CCC(=C(c3ccccc3)c3ccccc3)CC2)cc(CC(=O)O)c1C. The van der Waals surface area contributed by atoms with Gasteiger partial charge in [-0.05, 0) is 97.9 Å². The van der Waals surface area contributed by atoms with Gasteiger partial charge in [-0.2, -0.15) is 0 Å². The summed E-state index contributed by atoms with van der Waals surface area (Å²) in [5.41, 5.74) is 9.68. The Morgan fingerprint density at radius 3 is 2.08 bits per heavy atom. The predicted octanol–water partition coefficient (Wildman–Crippen LogP) is 6.60. The number of piperidine rings is 1. The molecule has 1 aliphatic rings. The van der Waals surface area contributed by atoms with E-state index < -0.39 is 5.97 Å². The minimum atomic E-state index is -0.804. The number of nitrogens with zero attached hydrogens (tertiary/aromatic N) is 1. The fourth-order valence-corrected chi connectivity index (χ4v) is 5.61. The van der Waals surface area contributed by atoms with Crippen LogP contribution in [0.4, 0.5) is 0 Å². The van der Waals surface area contributed by atoms with Gasteiger partial charge in [-0.15, -0.1) is 0 Å². The second-order valence-electron chi connectivity index (χ2n) is 10.7. The van der Waals surface area contributed by atoms with Gasteiger partial charge < -0.3 is 15.1 Å². The van der Waals surface area contributed by atoms with Crippen molar-refractivity contribution >= 4 is 11.5 Å². The van der Waals surface area contributed by atoms with Gasteiger partial charge in [0.25, 0.3) is 0 Å². The number of aliphatic hydroxyl groups is 1. The molecule has 1 unspecified atom stereocenters. The summed E-state index contributed by atoms with van der Waals surface area (Å²) in [5, 5.41) is 19.8. The van der Waals surface area contributed by atoms with Gasteiger partial charge in [0, 0.05) is 13.1 Å². The van der Waals surface area contributed by atoms with Gasteiger partial charge in [0.05, 0.1) is 12.5 Å². The first kappa shape index (κ1) is 27.8. The van der Waals surface area contributed by atoms with E-state index in [0.717, 1.165) is 74.0 Å². The van der Waals surface area contributed by atoms with Crippen molar-refractivity contribution in [1.29, 1.82) is 0 Å². The largest absolute Gasteiger partial charge is 0.481 e. The molecule has 1 fully saturated rings. The molecule has 1 saturated heterocycles. The van der Waals surface area contributed by atoms with E-state index in [1.54, 1.807) is 0 Å². The lowest BCUT2D eigenvalue weighted by atomic mass is 9.88. The molecule has 38 heavy (non-hydrogen) atoms. The standard InChI is InChI=1S/C34H41NO3/c1-25-22-27(23-31(26(25)2)24-33(37)38)15-16-32(36)14-9-19-35-20-17-30(18-21-35)34(28-10-5-3-6-11-28)29-12-7-4-8-13-29/h3-8,10-13,22-23,32,36H,9,14-21,24H2,1-2H3,(H,37,38). The van der Waals surface area contributed by atoms with Crippen LogP contribution >= 0.6 is 0 Å². The molecular weight excluding hydrogens is 470 g/mol. The molecule has 2 N–H and O–H groups in total. The number of likely N-dealkylation sites (tertiary alicyclic amines) is 1. The van der Waals surface area contributed by atoms with Crippen LogP contribution in [0.25, 0.3) is 5.57 Å². The quantitative estimate of drug-likeness (QED) is 0.304. The van der Waals surface area contributed by atoms with Crippen molar-refractivity contribution < 1.29 is 15.0 Å². The average molecular weight is 512 g/mol. The van der Waals surface area contributed by atoms with Gasteiger partial charge in [0.1, 0.15) is 0 Å². The maximum atomic E-state index is 11.2. The van der Waals surface area contributed by atoms with Crippen molar-refractivity contribution in [2.45, 2.75) is 64.9 Å². The van der Waals surface area contributed by atoms with Crippen LogP contribution in [0.15, 0.2) is 78.4 Å². The summed E-state index contributed by atoms with van der Waals surface area (Å²) in [7, 11) is 0. The molecule has 0 bridgehead atoms. The zero-order valence-electron chi connectivity index (χ0n) is 22.8. The van der Waals surface area contributed by atoms with Crippen LogP contribution in [0.5, 0.6) is 0 Å². The molecule has 3 aromatic rings. The van der Waals surface area contributed by atoms with Crippen LogP contribution in [0.2, 0.25) is 0 Å². The fraction of sp³-hybridized carbons (Fsp3) is 0.382. The van der Waals surface area contributed by atoms with E-state index in [4.69, 9.17) is 0 Å². The maximum absolute atomic E-state index is 11.2. The Balaban J connectivity index is 1.26. The number of rotatable bonds is 11. The lowest BCUT2D eigenvalue weighted by Gasteiger charge is -2.30. The summed E-state index contributed by atoms with van der Waals surface area (Å²) in [5.74, 6) is -0.804. The number of carbonyl (C=O) groups is 1. The van der Waals surface area contributed by atoms with E-state index in [9.17, 15) is 15.0 Å². The molecule has 0 saturated carbocycles. The molecule has 0 radical (unpaired) electrons. The molecule has 4 nitrogen and oxygen atoms in total. The first-order chi connectivity index (χ1) is 18.4. The Morgan fingerprint density at radius 2 is 1.50 bits per heavy atom. The van der Waals surface area contributed by atoms with Crippen molar-refractivity contribution in [1.82, 2.24) is 4.90 Å². The number of hydrogen-bond acceptors (Lipinski definition) is 3. The minimum absolute atomic E-state index is 0.0496. The second kappa shape index (κ2) is 13.5. The zero-order chi connectivity index (χ0) is 26.9.